The van der Waals surface area contributed by atoms with Crippen LogP contribution < -0.4 is 0 Å². The second kappa shape index (κ2) is 7.06. The minimum Gasteiger partial charge on any atom is -0.377 e. The zero-order valence-corrected chi connectivity index (χ0v) is 14.0. The second-order valence-electron chi connectivity index (χ2n) is 6.79. The number of nitrogens with zero attached hydrogens (tertiary/aromatic N) is 4. The third-order valence-corrected chi connectivity index (χ3v) is 4.77. The molecule has 0 saturated carbocycles. The highest BCUT2D eigenvalue weighted by atomic mass is 16.5. The Kier molecular flexibility index (Phi) is 5.10. The van der Waals surface area contributed by atoms with Crippen molar-refractivity contribution in [2.45, 2.75) is 51.7 Å². The number of ether oxygens (including phenoxy) is 1. The van der Waals surface area contributed by atoms with Gasteiger partial charge < -0.3 is 9.26 Å². The molecule has 0 aromatic carbocycles. The van der Waals surface area contributed by atoms with Crippen LogP contribution in [0.4, 0.5) is 0 Å². The van der Waals surface area contributed by atoms with Gasteiger partial charge in [0.2, 0.25) is 5.89 Å². The molecule has 0 unspecified atom stereocenters. The molecule has 2 aliphatic rings. The molecule has 0 bridgehead atoms. The van der Waals surface area contributed by atoms with Crippen LogP contribution in [0.15, 0.2) is 4.52 Å². The Labute approximate surface area is 132 Å². The molecule has 2 atom stereocenters. The number of rotatable bonds is 5. The first kappa shape index (κ1) is 15.9. The average molecular weight is 308 g/mol. The SMILES string of the molecule is CC(C)c1noc([C@H](C)N2CCN(C[C@H]3CCCO3)CC2)n1. The lowest BCUT2D eigenvalue weighted by Gasteiger charge is -2.37. The summed E-state index contributed by atoms with van der Waals surface area (Å²) in [6.07, 6.45) is 2.89. The van der Waals surface area contributed by atoms with E-state index in [1.165, 1.54) is 12.8 Å². The normalized spacial score (nSPS) is 25.9. The highest BCUT2D eigenvalue weighted by molar-refractivity contribution is 4.96. The van der Waals surface area contributed by atoms with Gasteiger partial charge >= 0.3 is 0 Å². The van der Waals surface area contributed by atoms with Crippen molar-refractivity contribution in [3.05, 3.63) is 11.7 Å². The van der Waals surface area contributed by atoms with Crippen LogP contribution in [0, 0.1) is 0 Å². The Morgan fingerprint density at radius 1 is 1.18 bits per heavy atom. The molecule has 1 aromatic heterocycles. The summed E-state index contributed by atoms with van der Waals surface area (Å²) in [5.74, 6) is 1.86. The van der Waals surface area contributed by atoms with Gasteiger partial charge in [-0.2, -0.15) is 4.98 Å². The molecule has 2 fully saturated rings. The van der Waals surface area contributed by atoms with Gasteiger partial charge in [-0.25, -0.2) is 0 Å². The molecule has 6 heteroatoms. The zero-order valence-electron chi connectivity index (χ0n) is 14.0. The minimum absolute atomic E-state index is 0.199. The summed E-state index contributed by atoms with van der Waals surface area (Å²) in [4.78, 5) is 9.49. The van der Waals surface area contributed by atoms with Crippen molar-refractivity contribution >= 4 is 0 Å². The lowest BCUT2D eigenvalue weighted by atomic mass is 10.2. The smallest absolute Gasteiger partial charge is 0.243 e. The molecular formula is C16H28N4O2. The maximum absolute atomic E-state index is 5.74. The molecule has 124 valence electrons. The van der Waals surface area contributed by atoms with Crippen LogP contribution in [0.3, 0.4) is 0 Å². The maximum Gasteiger partial charge on any atom is 0.243 e. The Hall–Kier alpha value is -0.980. The van der Waals surface area contributed by atoms with E-state index < -0.39 is 0 Å². The monoisotopic (exact) mass is 308 g/mol. The van der Waals surface area contributed by atoms with Crippen molar-refractivity contribution in [2.75, 3.05) is 39.3 Å². The molecule has 0 N–H and O–H groups in total. The van der Waals surface area contributed by atoms with E-state index in [1.807, 2.05) is 0 Å². The van der Waals surface area contributed by atoms with E-state index in [2.05, 4.69) is 40.7 Å². The van der Waals surface area contributed by atoms with Crippen LogP contribution in [-0.4, -0.2) is 65.4 Å². The third kappa shape index (κ3) is 3.67. The summed E-state index contributed by atoms with van der Waals surface area (Å²) >= 11 is 0. The second-order valence-corrected chi connectivity index (χ2v) is 6.79. The summed E-state index contributed by atoms with van der Waals surface area (Å²) in [7, 11) is 0. The van der Waals surface area contributed by atoms with Crippen LogP contribution in [-0.2, 0) is 4.74 Å². The largest absolute Gasteiger partial charge is 0.377 e. The molecule has 0 radical (unpaired) electrons. The topological polar surface area (TPSA) is 54.6 Å². The predicted octanol–water partition coefficient (Wildman–Crippen LogP) is 2.05. The van der Waals surface area contributed by atoms with E-state index >= 15 is 0 Å². The van der Waals surface area contributed by atoms with Gasteiger partial charge in [0.05, 0.1) is 12.1 Å². The van der Waals surface area contributed by atoms with Gasteiger partial charge in [-0.05, 0) is 19.8 Å². The van der Waals surface area contributed by atoms with Gasteiger partial charge in [0, 0.05) is 45.2 Å². The predicted molar refractivity (Wildman–Crippen MR) is 83.8 cm³/mol. The van der Waals surface area contributed by atoms with Gasteiger partial charge in [-0.15, -0.1) is 0 Å². The molecule has 0 amide bonds. The van der Waals surface area contributed by atoms with E-state index in [0.717, 1.165) is 51.0 Å². The molecule has 2 aliphatic heterocycles. The summed E-state index contributed by atoms with van der Waals surface area (Å²) in [6.45, 7) is 12.6. The summed E-state index contributed by atoms with van der Waals surface area (Å²) < 4.78 is 11.2. The number of hydrogen-bond donors (Lipinski definition) is 0. The first-order valence-corrected chi connectivity index (χ1v) is 8.55. The minimum atomic E-state index is 0.199. The van der Waals surface area contributed by atoms with Crippen LogP contribution in [0.2, 0.25) is 0 Å². The molecule has 0 spiro atoms. The highest BCUT2D eigenvalue weighted by Gasteiger charge is 2.27. The first-order valence-electron chi connectivity index (χ1n) is 8.55. The fourth-order valence-corrected chi connectivity index (χ4v) is 3.22. The van der Waals surface area contributed by atoms with E-state index in [-0.39, 0.29) is 6.04 Å². The van der Waals surface area contributed by atoms with Gasteiger partial charge in [0.25, 0.3) is 0 Å². The van der Waals surface area contributed by atoms with Gasteiger partial charge in [-0.1, -0.05) is 19.0 Å². The van der Waals surface area contributed by atoms with Crippen molar-refractivity contribution in [3.63, 3.8) is 0 Å². The Morgan fingerprint density at radius 2 is 1.95 bits per heavy atom. The first-order chi connectivity index (χ1) is 10.6. The molecule has 2 saturated heterocycles. The van der Waals surface area contributed by atoms with Crippen LogP contribution in [0.5, 0.6) is 0 Å². The van der Waals surface area contributed by atoms with Crippen molar-refractivity contribution in [1.29, 1.82) is 0 Å². The molecule has 3 rings (SSSR count). The van der Waals surface area contributed by atoms with Gasteiger partial charge in [0.1, 0.15) is 0 Å². The van der Waals surface area contributed by atoms with Gasteiger partial charge in [0.15, 0.2) is 5.82 Å². The standard InChI is InChI=1S/C16H28N4O2/c1-12(2)15-17-16(22-18-15)13(3)20-8-6-19(7-9-20)11-14-5-4-10-21-14/h12-14H,4-11H2,1-3H3/t13-,14+/m0/s1. The molecule has 1 aromatic rings. The third-order valence-electron chi connectivity index (χ3n) is 4.77. The maximum atomic E-state index is 5.74. The fourth-order valence-electron chi connectivity index (χ4n) is 3.22. The lowest BCUT2D eigenvalue weighted by molar-refractivity contribution is 0.0379. The van der Waals surface area contributed by atoms with Crippen molar-refractivity contribution in [1.82, 2.24) is 19.9 Å². The molecule has 22 heavy (non-hydrogen) atoms. The van der Waals surface area contributed by atoms with E-state index in [4.69, 9.17) is 9.26 Å². The number of aromatic nitrogens is 2. The molecule has 3 heterocycles. The molecule has 0 aliphatic carbocycles. The quantitative estimate of drug-likeness (QED) is 0.830. The van der Waals surface area contributed by atoms with Crippen molar-refractivity contribution in [2.24, 2.45) is 0 Å². The Morgan fingerprint density at radius 3 is 2.55 bits per heavy atom. The zero-order chi connectivity index (χ0) is 15.5. The number of hydrogen-bond acceptors (Lipinski definition) is 6. The van der Waals surface area contributed by atoms with Crippen molar-refractivity contribution < 1.29 is 9.26 Å². The van der Waals surface area contributed by atoms with E-state index in [0.29, 0.717) is 12.0 Å². The summed E-state index contributed by atoms with van der Waals surface area (Å²) in [5.41, 5.74) is 0. The highest BCUT2D eigenvalue weighted by Crippen LogP contribution is 2.22. The Balaban J connectivity index is 1.49. The fraction of sp³-hybridized carbons (Fsp3) is 0.875. The Bertz CT molecular complexity index is 462. The van der Waals surface area contributed by atoms with Gasteiger partial charge in [-0.3, -0.25) is 9.80 Å². The number of piperazine rings is 1. The van der Waals surface area contributed by atoms with Crippen LogP contribution in [0.1, 0.15) is 57.3 Å². The van der Waals surface area contributed by atoms with Crippen LogP contribution in [0.25, 0.3) is 0 Å². The lowest BCUT2D eigenvalue weighted by Crippen LogP contribution is -2.49. The van der Waals surface area contributed by atoms with Crippen molar-refractivity contribution in [3.8, 4) is 0 Å². The average Bonchev–Trinajstić information content (AvgIpc) is 3.18. The van der Waals surface area contributed by atoms with E-state index in [9.17, 15) is 0 Å². The summed E-state index contributed by atoms with van der Waals surface area (Å²) in [6, 6.07) is 0.199. The molecule has 6 nitrogen and oxygen atoms in total. The summed E-state index contributed by atoms with van der Waals surface area (Å²) in [5, 5.41) is 4.08. The molecular weight excluding hydrogens is 280 g/mol. The van der Waals surface area contributed by atoms with E-state index in [1.54, 1.807) is 0 Å². The van der Waals surface area contributed by atoms with Crippen LogP contribution >= 0.6 is 0 Å².